The van der Waals surface area contributed by atoms with Gasteiger partial charge in [0.1, 0.15) is 11.9 Å². The Hall–Kier alpha value is -3.73. The second-order valence-electron chi connectivity index (χ2n) is 10.4. The fraction of sp³-hybridized carbons (Fsp3) is 0.345. The molecule has 0 aromatic heterocycles. The molecule has 8 nitrogen and oxygen atoms in total. The predicted molar refractivity (Wildman–Crippen MR) is 146 cm³/mol. The van der Waals surface area contributed by atoms with Crippen molar-refractivity contribution in [2.75, 3.05) is 10.9 Å². The number of fused-ring (bicyclic) bond motifs is 1. The molecule has 45 heavy (non-hydrogen) atoms. The maximum absolute atomic E-state index is 13.8. The molecule has 3 atom stereocenters. The number of sulfonamides is 1. The zero-order valence-corrected chi connectivity index (χ0v) is 23.9. The van der Waals surface area contributed by atoms with Gasteiger partial charge in [0.2, 0.25) is 5.91 Å². The van der Waals surface area contributed by atoms with Crippen LogP contribution in [0.1, 0.15) is 35.6 Å². The maximum Gasteiger partial charge on any atom is 0.430 e. The molecule has 0 fully saturated rings. The maximum atomic E-state index is 13.8. The molecule has 16 heteroatoms. The lowest BCUT2D eigenvalue weighted by Crippen LogP contribution is -2.54. The Bertz CT molecular complexity index is 1600. The first-order valence-electron chi connectivity index (χ1n) is 13.3. The van der Waals surface area contributed by atoms with Gasteiger partial charge in [0.05, 0.1) is 29.3 Å². The molecule has 1 heterocycles. The minimum atomic E-state index is -6.18. The zero-order chi connectivity index (χ0) is 33.4. The van der Waals surface area contributed by atoms with Gasteiger partial charge in [-0.3, -0.25) is 9.10 Å². The molecule has 1 aliphatic heterocycles. The number of halogens is 7. The van der Waals surface area contributed by atoms with Crippen molar-refractivity contribution in [3.8, 4) is 0 Å². The molecule has 1 amide bonds. The highest BCUT2D eigenvalue weighted by atomic mass is 32.2. The van der Waals surface area contributed by atoms with E-state index in [1.807, 2.05) is 0 Å². The summed E-state index contributed by atoms with van der Waals surface area (Å²) >= 11 is 0. The van der Waals surface area contributed by atoms with Gasteiger partial charge in [0, 0.05) is 12.0 Å². The Morgan fingerprint density at radius 1 is 0.956 bits per heavy atom. The van der Waals surface area contributed by atoms with Gasteiger partial charge in [-0.05, 0) is 54.3 Å². The van der Waals surface area contributed by atoms with Crippen molar-refractivity contribution in [1.29, 1.82) is 0 Å². The Kier molecular flexibility index (Phi) is 9.54. The van der Waals surface area contributed by atoms with Crippen molar-refractivity contribution < 1.29 is 59.3 Å². The van der Waals surface area contributed by atoms with Crippen molar-refractivity contribution >= 4 is 21.6 Å². The molecule has 1 aliphatic rings. The molecule has 4 N–H and O–H groups in total. The van der Waals surface area contributed by atoms with Crippen molar-refractivity contribution in [1.82, 2.24) is 5.32 Å². The van der Waals surface area contributed by atoms with E-state index in [0.717, 1.165) is 24.3 Å². The molecule has 0 radical (unpaired) electrons. The Morgan fingerprint density at radius 3 is 2.11 bits per heavy atom. The second kappa shape index (κ2) is 12.6. The summed E-state index contributed by atoms with van der Waals surface area (Å²) in [6, 6.07) is 10.3. The van der Waals surface area contributed by atoms with Crippen LogP contribution in [0.25, 0.3) is 0 Å². The van der Waals surface area contributed by atoms with Crippen LogP contribution in [0.4, 0.5) is 36.4 Å². The molecule has 0 unspecified atom stereocenters. The monoisotopic (exact) mass is 664 g/mol. The van der Waals surface area contributed by atoms with Crippen LogP contribution >= 0.6 is 0 Å². The Labute approximate surface area is 252 Å². The lowest BCUT2D eigenvalue weighted by Gasteiger charge is -2.39. The van der Waals surface area contributed by atoms with Gasteiger partial charge in [-0.1, -0.05) is 42.5 Å². The van der Waals surface area contributed by atoms with Gasteiger partial charge < -0.3 is 20.6 Å². The number of carbonyl (C=O) groups is 1. The number of aliphatic hydroxyl groups excluding tert-OH is 2. The minimum absolute atomic E-state index is 0.272. The van der Waals surface area contributed by atoms with Crippen LogP contribution in [-0.2, 0) is 26.8 Å². The van der Waals surface area contributed by atoms with Gasteiger partial charge in [0.25, 0.3) is 15.6 Å². The molecular formula is C29H27F7N2O6S. The number of nitrogens with zero attached hydrogens (tertiary/aromatic N) is 1. The topological polar surface area (TPSA) is 127 Å². The van der Waals surface area contributed by atoms with E-state index in [-0.39, 0.29) is 24.1 Å². The van der Waals surface area contributed by atoms with E-state index in [1.165, 1.54) is 0 Å². The van der Waals surface area contributed by atoms with Crippen molar-refractivity contribution in [2.45, 2.75) is 60.3 Å². The molecule has 0 aliphatic carbocycles. The van der Waals surface area contributed by atoms with Crippen molar-refractivity contribution in [3.63, 3.8) is 0 Å². The van der Waals surface area contributed by atoms with Crippen LogP contribution in [-0.4, -0.2) is 60.7 Å². The van der Waals surface area contributed by atoms with Crippen LogP contribution in [0.3, 0.4) is 0 Å². The van der Waals surface area contributed by atoms with E-state index < -0.39 is 81.4 Å². The normalized spacial score (nSPS) is 17.4. The second-order valence-corrected chi connectivity index (χ2v) is 12.2. The average Bonchev–Trinajstić information content (AvgIpc) is 2.98. The van der Waals surface area contributed by atoms with Gasteiger partial charge in [0.15, 0.2) is 0 Å². The van der Waals surface area contributed by atoms with Crippen LogP contribution < -0.4 is 9.62 Å². The van der Waals surface area contributed by atoms with E-state index in [2.05, 4.69) is 5.32 Å². The summed E-state index contributed by atoms with van der Waals surface area (Å²) < 4.78 is 123. The number of alkyl halides is 6. The Morgan fingerprint density at radius 2 is 1.56 bits per heavy atom. The van der Waals surface area contributed by atoms with E-state index >= 15 is 0 Å². The van der Waals surface area contributed by atoms with Crippen molar-refractivity contribution in [2.24, 2.45) is 0 Å². The molecule has 244 valence electrons. The van der Waals surface area contributed by atoms with Crippen LogP contribution in [0.15, 0.2) is 77.7 Å². The molecule has 0 saturated heterocycles. The first-order chi connectivity index (χ1) is 20.9. The van der Waals surface area contributed by atoms with Gasteiger partial charge in [-0.2, -0.15) is 26.3 Å². The summed E-state index contributed by atoms with van der Waals surface area (Å²) in [6.07, 6.45) is -14.9. The SMILES string of the molecule is O=C(C[C@@H]1CCc2cc(C(O)(C(F)(F)F)C(F)(F)F)ccc2N1S(=O)(=O)c1ccc(F)cc1)N[C@H](CO)[C@H](O)c1ccccc1. The third-order valence-electron chi connectivity index (χ3n) is 7.49. The van der Waals surface area contributed by atoms with Gasteiger partial charge in [-0.25, -0.2) is 12.8 Å². The number of hydrogen-bond donors (Lipinski definition) is 4. The summed E-state index contributed by atoms with van der Waals surface area (Å²) in [4.78, 5) is 12.6. The molecule has 0 saturated carbocycles. The number of carbonyl (C=O) groups excluding carboxylic acids is 1. The largest absolute Gasteiger partial charge is 0.430 e. The quantitative estimate of drug-likeness (QED) is 0.254. The van der Waals surface area contributed by atoms with Crippen LogP contribution in [0, 0.1) is 5.82 Å². The summed E-state index contributed by atoms with van der Waals surface area (Å²) in [5.41, 5.74) is -7.14. The highest BCUT2D eigenvalue weighted by Crippen LogP contribution is 2.51. The zero-order valence-electron chi connectivity index (χ0n) is 23.1. The summed E-state index contributed by atoms with van der Waals surface area (Å²) in [5.74, 6) is -1.63. The summed E-state index contributed by atoms with van der Waals surface area (Å²) in [7, 11) is -4.70. The number of amides is 1. The summed E-state index contributed by atoms with van der Waals surface area (Å²) in [5, 5.41) is 32.7. The van der Waals surface area contributed by atoms with E-state index in [4.69, 9.17) is 0 Å². The number of benzene rings is 3. The first kappa shape index (κ1) is 34.1. The fourth-order valence-corrected chi connectivity index (χ4v) is 6.88. The van der Waals surface area contributed by atoms with Gasteiger partial charge >= 0.3 is 12.4 Å². The number of rotatable bonds is 9. The lowest BCUT2D eigenvalue weighted by molar-refractivity contribution is -0.376. The first-order valence-corrected chi connectivity index (χ1v) is 14.8. The molecule has 3 aromatic carbocycles. The average molecular weight is 665 g/mol. The smallest absolute Gasteiger partial charge is 0.394 e. The highest BCUT2D eigenvalue weighted by Gasteiger charge is 2.71. The van der Waals surface area contributed by atoms with Crippen LogP contribution in [0.2, 0.25) is 0 Å². The molecular weight excluding hydrogens is 637 g/mol. The van der Waals surface area contributed by atoms with Gasteiger partial charge in [-0.15, -0.1) is 0 Å². The molecule has 0 bridgehead atoms. The molecule has 3 aromatic rings. The number of aliphatic hydroxyl groups is 3. The number of hydrogen-bond acceptors (Lipinski definition) is 6. The standard InChI is InChI=1S/C29H27F7N2O6S/c30-20-8-11-22(12-9-20)45(43,44)38-21(15-25(40)37-23(16-39)26(41)17-4-2-1-3-5-17)10-6-18-14-19(7-13-24(18)38)27(42,28(31,32)33)29(34,35)36/h1-5,7-9,11-14,21,23,26,39,41-42H,6,10,15-16H2,(H,37,40)/t21-,23+,26+/m0/s1. The molecule has 0 spiro atoms. The fourth-order valence-electron chi connectivity index (χ4n) is 5.17. The third kappa shape index (κ3) is 6.64. The highest BCUT2D eigenvalue weighted by molar-refractivity contribution is 7.92. The number of anilines is 1. The van der Waals surface area contributed by atoms with Crippen LogP contribution in [0.5, 0.6) is 0 Å². The Balaban J connectivity index is 1.73. The summed E-state index contributed by atoms with van der Waals surface area (Å²) in [6.45, 7) is -0.711. The third-order valence-corrected chi connectivity index (χ3v) is 9.37. The van der Waals surface area contributed by atoms with Crippen molar-refractivity contribution in [3.05, 3.63) is 95.3 Å². The number of aryl methyl sites for hydroxylation is 1. The minimum Gasteiger partial charge on any atom is -0.394 e. The molecule has 4 rings (SSSR count). The number of nitrogens with one attached hydrogen (secondary N) is 1. The van der Waals surface area contributed by atoms with E-state index in [1.54, 1.807) is 30.3 Å². The lowest BCUT2D eigenvalue weighted by atomic mass is 9.87. The van der Waals surface area contributed by atoms with E-state index in [0.29, 0.717) is 28.1 Å². The van der Waals surface area contributed by atoms with E-state index in [9.17, 15) is 59.3 Å². The predicted octanol–water partition coefficient (Wildman–Crippen LogP) is 4.25.